The summed E-state index contributed by atoms with van der Waals surface area (Å²) >= 11 is 0. The van der Waals surface area contributed by atoms with Gasteiger partial charge in [0.2, 0.25) is 0 Å². The van der Waals surface area contributed by atoms with Crippen molar-refractivity contribution < 1.29 is 19.0 Å². The van der Waals surface area contributed by atoms with Crippen LogP contribution in [-0.2, 0) is 9.53 Å². The van der Waals surface area contributed by atoms with Crippen molar-refractivity contribution in [2.45, 2.75) is 6.92 Å². The SMILES string of the molecule is CC(=O)OCCOc1ccc(Oc2ccccc2)cc1. The van der Waals surface area contributed by atoms with Gasteiger partial charge in [0.25, 0.3) is 0 Å². The summed E-state index contributed by atoms with van der Waals surface area (Å²) in [5, 5.41) is 0. The molecule has 0 bridgehead atoms. The van der Waals surface area contributed by atoms with E-state index in [2.05, 4.69) is 0 Å². The molecule has 0 saturated heterocycles. The van der Waals surface area contributed by atoms with Crippen LogP contribution in [0.2, 0.25) is 0 Å². The molecule has 0 aliphatic carbocycles. The third-order valence-electron chi connectivity index (χ3n) is 2.46. The number of esters is 1. The number of benzene rings is 2. The van der Waals surface area contributed by atoms with Gasteiger partial charge in [-0.25, -0.2) is 0 Å². The Morgan fingerprint density at radius 1 is 0.850 bits per heavy atom. The standard InChI is InChI=1S/C16H16O4/c1-13(17)18-11-12-19-14-7-9-16(10-8-14)20-15-5-3-2-4-6-15/h2-10H,11-12H2,1H3. The van der Waals surface area contributed by atoms with Crippen molar-refractivity contribution in [3.8, 4) is 17.2 Å². The lowest BCUT2D eigenvalue weighted by Crippen LogP contribution is -2.09. The maximum absolute atomic E-state index is 10.6. The number of hydrogen-bond donors (Lipinski definition) is 0. The molecule has 2 aromatic carbocycles. The fourth-order valence-corrected chi connectivity index (χ4v) is 1.57. The summed E-state index contributed by atoms with van der Waals surface area (Å²) in [5.41, 5.74) is 0. The molecule has 0 aliphatic heterocycles. The predicted octanol–water partition coefficient (Wildman–Crippen LogP) is 3.42. The van der Waals surface area contributed by atoms with Crippen LogP contribution >= 0.6 is 0 Å². The average molecular weight is 272 g/mol. The van der Waals surface area contributed by atoms with Crippen LogP contribution in [0.1, 0.15) is 6.92 Å². The van der Waals surface area contributed by atoms with E-state index in [0.717, 1.165) is 11.5 Å². The third kappa shape index (κ3) is 4.65. The molecule has 4 heteroatoms. The highest BCUT2D eigenvalue weighted by Gasteiger charge is 1.99. The molecule has 0 unspecified atom stereocenters. The Hall–Kier alpha value is -2.49. The van der Waals surface area contributed by atoms with Crippen LogP contribution in [-0.4, -0.2) is 19.2 Å². The number of carbonyl (C=O) groups is 1. The third-order valence-corrected chi connectivity index (χ3v) is 2.46. The van der Waals surface area contributed by atoms with Crippen LogP contribution in [0.15, 0.2) is 54.6 Å². The number of hydrogen-bond acceptors (Lipinski definition) is 4. The molecule has 0 atom stereocenters. The van der Waals surface area contributed by atoms with Crippen LogP contribution in [0.4, 0.5) is 0 Å². The van der Waals surface area contributed by atoms with Gasteiger partial charge in [-0.3, -0.25) is 4.79 Å². The van der Waals surface area contributed by atoms with Crippen molar-refractivity contribution in [2.24, 2.45) is 0 Å². The lowest BCUT2D eigenvalue weighted by molar-refractivity contribution is -0.141. The Bertz CT molecular complexity index is 534. The number of ether oxygens (including phenoxy) is 3. The Labute approximate surface area is 117 Å². The van der Waals surface area contributed by atoms with Crippen molar-refractivity contribution in [2.75, 3.05) is 13.2 Å². The van der Waals surface area contributed by atoms with Crippen LogP contribution < -0.4 is 9.47 Å². The molecule has 2 rings (SSSR count). The van der Waals surface area contributed by atoms with Gasteiger partial charge in [0.1, 0.15) is 30.5 Å². The smallest absolute Gasteiger partial charge is 0.302 e. The minimum Gasteiger partial charge on any atom is -0.490 e. The minimum absolute atomic E-state index is 0.248. The molecule has 0 saturated carbocycles. The lowest BCUT2D eigenvalue weighted by atomic mass is 10.3. The number of rotatable bonds is 6. The minimum atomic E-state index is -0.305. The summed E-state index contributed by atoms with van der Waals surface area (Å²) < 4.78 is 15.9. The van der Waals surface area contributed by atoms with E-state index in [1.807, 2.05) is 54.6 Å². The fourth-order valence-electron chi connectivity index (χ4n) is 1.57. The zero-order valence-corrected chi connectivity index (χ0v) is 11.2. The summed E-state index contributed by atoms with van der Waals surface area (Å²) in [7, 11) is 0. The molecule has 0 fully saturated rings. The highest BCUT2D eigenvalue weighted by molar-refractivity contribution is 5.65. The van der Waals surface area contributed by atoms with E-state index in [1.165, 1.54) is 6.92 Å². The summed E-state index contributed by atoms with van der Waals surface area (Å²) in [5.74, 6) is 1.93. The van der Waals surface area contributed by atoms with Gasteiger partial charge in [0.05, 0.1) is 0 Å². The number of para-hydroxylation sites is 1. The largest absolute Gasteiger partial charge is 0.490 e. The average Bonchev–Trinajstić information content (AvgIpc) is 2.46. The zero-order chi connectivity index (χ0) is 14.2. The molecule has 0 N–H and O–H groups in total. The molecule has 0 heterocycles. The van der Waals surface area contributed by atoms with Gasteiger partial charge in [0.15, 0.2) is 0 Å². The Morgan fingerprint density at radius 3 is 2.10 bits per heavy atom. The van der Waals surface area contributed by atoms with E-state index in [-0.39, 0.29) is 12.6 Å². The zero-order valence-electron chi connectivity index (χ0n) is 11.2. The van der Waals surface area contributed by atoms with Gasteiger partial charge in [-0.1, -0.05) is 18.2 Å². The summed E-state index contributed by atoms with van der Waals surface area (Å²) in [6.45, 7) is 1.95. The van der Waals surface area contributed by atoms with Gasteiger partial charge in [-0.2, -0.15) is 0 Å². The van der Waals surface area contributed by atoms with Crippen molar-refractivity contribution in [3.63, 3.8) is 0 Å². The first kappa shape index (κ1) is 13.9. The number of carbonyl (C=O) groups excluding carboxylic acids is 1. The topological polar surface area (TPSA) is 44.8 Å². The predicted molar refractivity (Wildman–Crippen MR) is 75.1 cm³/mol. The molecular weight excluding hydrogens is 256 g/mol. The van der Waals surface area contributed by atoms with Gasteiger partial charge in [-0.15, -0.1) is 0 Å². The van der Waals surface area contributed by atoms with E-state index in [1.54, 1.807) is 0 Å². The van der Waals surface area contributed by atoms with Crippen LogP contribution in [0.25, 0.3) is 0 Å². The van der Waals surface area contributed by atoms with Gasteiger partial charge in [0, 0.05) is 6.92 Å². The molecular formula is C16H16O4. The molecule has 2 aromatic rings. The monoisotopic (exact) mass is 272 g/mol. The highest BCUT2D eigenvalue weighted by Crippen LogP contribution is 2.23. The first-order valence-corrected chi connectivity index (χ1v) is 6.33. The maximum Gasteiger partial charge on any atom is 0.302 e. The first-order valence-electron chi connectivity index (χ1n) is 6.33. The van der Waals surface area contributed by atoms with E-state index >= 15 is 0 Å². The van der Waals surface area contributed by atoms with Gasteiger partial charge in [-0.05, 0) is 36.4 Å². The lowest BCUT2D eigenvalue weighted by Gasteiger charge is -2.08. The Balaban J connectivity index is 1.82. The van der Waals surface area contributed by atoms with Gasteiger partial charge < -0.3 is 14.2 Å². The van der Waals surface area contributed by atoms with Crippen LogP contribution in [0.5, 0.6) is 17.2 Å². The van der Waals surface area contributed by atoms with Crippen molar-refractivity contribution >= 4 is 5.97 Å². The van der Waals surface area contributed by atoms with Crippen molar-refractivity contribution in [1.29, 1.82) is 0 Å². The van der Waals surface area contributed by atoms with Crippen LogP contribution in [0.3, 0.4) is 0 Å². The molecule has 0 aliphatic rings. The summed E-state index contributed by atoms with van der Waals surface area (Å²) in [4.78, 5) is 10.6. The Morgan fingerprint density at radius 2 is 1.45 bits per heavy atom. The second-order valence-electron chi connectivity index (χ2n) is 4.08. The maximum atomic E-state index is 10.6. The summed E-state index contributed by atoms with van der Waals surface area (Å²) in [6, 6.07) is 16.8. The van der Waals surface area contributed by atoms with E-state index in [9.17, 15) is 4.79 Å². The van der Waals surface area contributed by atoms with E-state index in [4.69, 9.17) is 14.2 Å². The molecule has 0 radical (unpaired) electrons. The molecule has 0 aromatic heterocycles. The quantitative estimate of drug-likeness (QED) is 0.597. The van der Waals surface area contributed by atoms with E-state index in [0.29, 0.717) is 12.4 Å². The molecule has 104 valence electrons. The van der Waals surface area contributed by atoms with Crippen molar-refractivity contribution in [3.05, 3.63) is 54.6 Å². The first-order chi connectivity index (χ1) is 9.74. The molecule has 0 spiro atoms. The molecule has 4 nitrogen and oxygen atoms in total. The van der Waals surface area contributed by atoms with E-state index < -0.39 is 0 Å². The highest BCUT2D eigenvalue weighted by atomic mass is 16.6. The fraction of sp³-hybridized carbons (Fsp3) is 0.188. The van der Waals surface area contributed by atoms with Crippen molar-refractivity contribution in [1.82, 2.24) is 0 Å². The second kappa shape index (κ2) is 7.19. The molecule has 20 heavy (non-hydrogen) atoms. The molecule has 0 amide bonds. The summed E-state index contributed by atoms with van der Waals surface area (Å²) in [6.07, 6.45) is 0. The normalized spacial score (nSPS) is 9.85. The van der Waals surface area contributed by atoms with Crippen LogP contribution in [0, 0.1) is 0 Å². The second-order valence-corrected chi connectivity index (χ2v) is 4.08. The Kier molecular flexibility index (Phi) is 5.00. The van der Waals surface area contributed by atoms with Gasteiger partial charge >= 0.3 is 5.97 Å².